The van der Waals surface area contributed by atoms with Crippen LogP contribution in [0.5, 0.6) is 5.75 Å². The van der Waals surface area contributed by atoms with E-state index in [1.807, 2.05) is 79.0 Å². The molecule has 174 valence electrons. The number of hydrogen-bond donors (Lipinski definition) is 1. The van der Waals surface area contributed by atoms with E-state index in [1.165, 1.54) is 22.2 Å². The fourth-order valence-electron chi connectivity index (χ4n) is 3.96. The molecule has 0 aliphatic heterocycles. The summed E-state index contributed by atoms with van der Waals surface area (Å²) in [5, 5.41) is 8.58. The molecule has 1 amide bonds. The van der Waals surface area contributed by atoms with Crippen LogP contribution in [0.3, 0.4) is 0 Å². The van der Waals surface area contributed by atoms with Gasteiger partial charge in [0.05, 0.1) is 24.5 Å². The van der Waals surface area contributed by atoms with Gasteiger partial charge in [0.25, 0.3) is 11.5 Å². The highest BCUT2D eigenvalue weighted by molar-refractivity contribution is 7.17. The summed E-state index contributed by atoms with van der Waals surface area (Å²) in [6.45, 7) is 2.23. The lowest BCUT2D eigenvalue weighted by Crippen LogP contribution is -2.30. The highest BCUT2D eigenvalue weighted by Gasteiger charge is 2.14. The van der Waals surface area contributed by atoms with Crippen molar-refractivity contribution in [1.29, 1.82) is 0 Å². The molecule has 8 heteroatoms. The summed E-state index contributed by atoms with van der Waals surface area (Å²) < 4.78 is 7.04. The van der Waals surface area contributed by atoms with E-state index >= 15 is 0 Å². The first-order valence-corrected chi connectivity index (χ1v) is 12.0. The first kappa shape index (κ1) is 22.5. The molecule has 0 saturated carbocycles. The maximum atomic E-state index is 13.2. The van der Waals surface area contributed by atoms with Crippen LogP contribution in [0.4, 0.5) is 0 Å². The van der Waals surface area contributed by atoms with Gasteiger partial charge < -0.3 is 4.74 Å². The Bertz CT molecular complexity index is 1610. The average molecular weight is 483 g/mol. The van der Waals surface area contributed by atoms with E-state index in [-0.39, 0.29) is 12.1 Å². The number of rotatable bonds is 7. The van der Waals surface area contributed by atoms with Gasteiger partial charge in [-0.3, -0.25) is 14.2 Å². The maximum absolute atomic E-state index is 13.2. The lowest BCUT2D eigenvalue weighted by Gasteiger charge is -2.10. The monoisotopic (exact) mass is 482 g/mol. The van der Waals surface area contributed by atoms with Crippen molar-refractivity contribution in [3.8, 4) is 16.9 Å². The molecule has 0 spiro atoms. The number of benzene rings is 3. The predicted octanol–water partition coefficient (Wildman–Crippen LogP) is 4.83. The number of nitrogens with zero attached hydrogens (tertiary/aromatic N) is 3. The van der Waals surface area contributed by atoms with Crippen LogP contribution in [0.15, 0.2) is 88.3 Å². The third-order valence-corrected chi connectivity index (χ3v) is 6.46. The third kappa shape index (κ3) is 4.56. The van der Waals surface area contributed by atoms with Crippen molar-refractivity contribution in [2.45, 2.75) is 13.5 Å². The second kappa shape index (κ2) is 9.90. The van der Waals surface area contributed by atoms with Gasteiger partial charge in [-0.1, -0.05) is 60.7 Å². The van der Waals surface area contributed by atoms with E-state index in [0.717, 1.165) is 27.5 Å². The number of ether oxygens (including phenoxy) is 1. The summed E-state index contributed by atoms with van der Waals surface area (Å²) in [6.07, 6.45) is 2.97. The molecule has 0 bridgehead atoms. The Morgan fingerprint density at radius 2 is 1.91 bits per heavy atom. The number of nitrogens with one attached hydrogen (secondary N) is 1. The Hall–Kier alpha value is -4.30. The number of aromatic nitrogens is 2. The summed E-state index contributed by atoms with van der Waals surface area (Å²) in [5.41, 5.74) is 4.78. The molecule has 7 nitrogen and oxygen atoms in total. The van der Waals surface area contributed by atoms with Gasteiger partial charge in [0.2, 0.25) is 0 Å². The Kier molecular flexibility index (Phi) is 6.36. The van der Waals surface area contributed by atoms with Gasteiger partial charge >= 0.3 is 0 Å². The molecule has 0 saturated heterocycles. The molecule has 0 unspecified atom stereocenters. The van der Waals surface area contributed by atoms with E-state index in [2.05, 4.69) is 15.5 Å². The lowest BCUT2D eigenvalue weighted by atomic mass is 10.0. The fraction of sp³-hybridized carbons (Fsp3) is 0.111. The van der Waals surface area contributed by atoms with Gasteiger partial charge in [-0.15, -0.1) is 11.3 Å². The van der Waals surface area contributed by atoms with Crippen LogP contribution in [0, 0.1) is 0 Å². The minimum atomic E-state index is -0.431. The molecule has 2 heterocycles. The number of amides is 1. The van der Waals surface area contributed by atoms with Crippen molar-refractivity contribution in [3.05, 3.63) is 94.4 Å². The van der Waals surface area contributed by atoms with E-state index < -0.39 is 5.91 Å². The normalized spacial score (nSPS) is 11.3. The Morgan fingerprint density at radius 3 is 2.74 bits per heavy atom. The van der Waals surface area contributed by atoms with E-state index in [4.69, 9.17) is 4.74 Å². The van der Waals surface area contributed by atoms with E-state index in [1.54, 1.807) is 6.21 Å². The zero-order valence-electron chi connectivity index (χ0n) is 19.0. The second-order valence-electron chi connectivity index (χ2n) is 7.80. The van der Waals surface area contributed by atoms with Crippen LogP contribution in [0.1, 0.15) is 12.5 Å². The quantitative estimate of drug-likeness (QED) is 0.266. The molecular weight excluding hydrogens is 460 g/mol. The molecule has 2 aromatic heterocycles. The molecular formula is C27H22N4O3S. The predicted molar refractivity (Wildman–Crippen MR) is 140 cm³/mol. The van der Waals surface area contributed by atoms with Crippen LogP contribution in [-0.2, 0) is 11.3 Å². The van der Waals surface area contributed by atoms with Crippen molar-refractivity contribution >= 4 is 44.4 Å². The smallest absolute Gasteiger partial charge is 0.263 e. The first-order valence-electron chi connectivity index (χ1n) is 11.1. The van der Waals surface area contributed by atoms with Gasteiger partial charge in [-0.2, -0.15) is 5.10 Å². The number of thiophene rings is 1. The molecule has 35 heavy (non-hydrogen) atoms. The second-order valence-corrected chi connectivity index (χ2v) is 8.66. The van der Waals surface area contributed by atoms with Crippen LogP contribution >= 0.6 is 11.3 Å². The Morgan fingerprint density at radius 1 is 1.11 bits per heavy atom. The number of carbonyl (C=O) groups is 1. The van der Waals surface area contributed by atoms with Crippen molar-refractivity contribution in [2.24, 2.45) is 5.10 Å². The Labute approximate surface area is 205 Å². The first-order chi connectivity index (χ1) is 17.2. The standard InChI is InChI=1S/C27H22N4O3S/c1-2-34-23-13-12-19-10-6-7-11-20(19)21(23)14-29-30-24(32)15-31-17-28-26-25(27(31)33)22(16-35-26)18-8-4-3-5-9-18/h3-14,16-17H,2,15H2,1H3,(H,30,32). The third-order valence-electron chi connectivity index (χ3n) is 5.57. The highest BCUT2D eigenvalue weighted by Crippen LogP contribution is 2.30. The SMILES string of the molecule is CCOc1ccc2ccccc2c1C=NNC(=O)Cn1cnc2scc(-c3ccccc3)c2c1=O. The largest absolute Gasteiger partial charge is 0.493 e. The van der Waals surface area contributed by atoms with Gasteiger partial charge in [0.1, 0.15) is 17.1 Å². The molecule has 0 radical (unpaired) electrons. The summed E-state index contributed by atoms with van der Waals surface area (Å²) in [4.78, 5) is 30.8. The highest BCUT2D eigenvalue weighted by atomic mass is 32.1. The zero-order chi connectivity index (χ0) is 24.2. The number of fused-ring (bicyclic) bond motifs is 2. The molecule has 1 N–H and O–H groups in total. The Balaban J connectivity index is 1.38. The summed E-state index contributed by atoms with van der Waals surface area (Å²) in [6, 6.07) is 21.4. The molecule has 3 aromatic carbocycles. The van der Waals surface area contributed by atoms with E-state index in [9.17, 15) is 9.59 Å². The van der Waals surface area contributed by atoms with Crippen molar-refractivity contribution in [2.75, 3.05) is 6.61 Å². The summed E-state index contributed by atoms with van der Waals surface area (Å²) in [5.74, 6) is 0.250. The molecule has 0 atom stereocenters. The average Bonchev–Trinajstić information content (AvgIpc) is 3.32. The van der Waals surface area contributed by atoms with Crippen molar-refractivity contribution in [3.63, 3.8) is 0 Å². The van der Waals surface area contributed by atoms with Crippen molar-refractivity contribution < 1.29 is 9.53 Å². The minimum absolute atomic E-state index is 0.197. The molecule has 5 rings (SSSR count). The van der Waals surface area contributed by atoms with Gasteiger partial charge in [-0.25, -0.2) is 10.4 Å². The molecule has 5 aromatic rings. The van der Waals surface area contributed by atoms with Crippen LogP contribution < -0.4 is 15.7 Å². The summed E-state index contributed by atoms with van der Waals surface area (Å²) in [7, 11) is 0. The van der Waals surface area contributed by atoms with Crippen molar-refractivity contribution in [1.82, 2.24) is 15.0 Å². The molecule has 0 fully saturated rings. The van der Waals surface area contributed by atoms with Crippen LogP contribution in [0.25, 0.3) is 32.1 Å². The zero-order valence-corrected chi connectivity index (χ0v) is 19.8. The number of carbonyl (C=O) groups excluding carboxylic acids is 1. The topological polar surface area (TPSA) is 85.6 Å². The number of hydrogen-bond acceptors (Lipinski definition) is 6. The van der Waals surface area contributed by atoms with E-state index in [0.29, 0.717) is 22.6 Å². The van der Waals surface area contributed by atoms with Crippen LogP contribution in [-0.4, -0.2) is 28.3 Å². The number of hydrazone groups is 1. The minimum Gasteiger partial charge on any atom is -0.493 e. The molecule has 0 aliphatic carbocycles. The summed E-state index contributed by atoms with van der Waals surface area (Å²) >= 11 is 1.41. The lowest BCUT2D eigenvalue weighted by molar-refractivity contribution is -0.121. The van der Waals surface area contributed by atoms with Gasteiger partial charge in [0, 0.05) is 16.5 Å². The van der Waals surface area contributed by atoms with Gasteiger partial charge in [-0.05, 0) is 29.3 Å². The van der Waals surface area contributed by atoms with Crippen LogP contribution in [0.2, 0.25) is 0 Å². The molecule has 0 aliphatic rings. The van der Waals surface area contributed by atoms with Gasteiger partial charge in [0.15, 0.2) is 0 Å². The maximum Gasteiger partial charge on any atom is 0.263 e. The fourth-order valence-corrected chi connectivity index (χ4v) is 4.87.